The Labute approximate surface area is 84.5 Å². The van der Waals surface area contributed by atoms with Gasteiger partial charge in [-0.3, -0.25) is 0 Å². The number of aliphatic hydroxyl groups excluding tert-OH is 2. The van der Waals surface area contributed by atoms with Gasteiger partial charge in [0.15, 0.2) is 0 Å². The van der Waals surface area contributed by atoms with Crippen molar-refractivity contribution in [3.63, 3.8) is 0 Å². The van der Waals surface area contributed by atoms with Gasteiger partial charge in [-0.15, -0.1) is 13.2 Å². The molecule has 0 aromatic heterocycles. The predicted octanol–water partition coefficient (Wildman–Crippen LogP) is 0.113. The summed E-state index contributed by atoms with van der Waals surface area (Å²) in [5.41, 5.74) is 0. The van der Waals surface area contributed by atoms with Crippen LogP contribution in [-0.4, -0.2) is 48.8 Å². The molecule has 0 aromatic rings. The van der Waals surface area contributed by atoms with Crippen molar-refractivity contribution in [3.8, 4) is 0 Å². The first kappa shape index (κ1) is 13.3. The number of hydrogen-bond acceptors (Lipinski definition) is 4. The molecule has 0 bridgehead atoms. The van der Waals surface area contributed by atoms with Gasteiger partial charge in [0.25, 0.3) is 0 Å². The van der Waals surface area contributed by atoms with E-state index in [0.717, 1.165) is 0 Å². The van der Waals surface area contributed by atoms with Crippen molar-refractivity contribution < 1.29 is 19.7 Å². The third kappa shape index (κ3) is 5.88. The third-order valence-electron chi connectivity index (χ3n) is 1.56. The lowest BCUT2D eigenvalue weighted by Crippen LogP contribution is -2.36. The van der Waals surface area contributed by atoms with E-state index in [9.17, 15) is 5.11 Å². The lowest BCUT2D eigenvalue weighted by atomic mass is 10.2. The highest BCUT2D eigenvalue weighted by molar-refractivity contribution is 4.72. The molecule has 0 aliphatic rings. The van der Waals surface area contributed by atoms with E-state index in [1.807, 2.05) is 0 Å². The summed E-state index contributed by atoms with van der Waals surface area (Å²) in [5, 5.41) is 18.4. The molecule has 0 heterocycles. The maximum Gasteiger partial charge on any atom is 0.109 e. The predicted molar refractivity (Wildman–Crippen MR) is 54.0 cm³/mol. The Kier molecular flexibility index (Phi) is 8.47. The van der Waals surface area contributed by atoms with Crippen LogP contribution in [0, 0.1) is 0 Å². The van der Waals surface area contributed by atoms with Crippen LogP contribution >= 0.6 is 0 Å². The summed E-state index contributed by atoms with van der Waals surface area (Å²) in [6.07, 6.45) is 1.68. The van der Waals surface area contributed by atoms with E-state index in [2.05, 4.69) is 13.2 Å². The number of ether oxygens (including phenoxy) is 2. The monoisotopic (exact) mass is 202 g/mol. The second kappa shape index (κ2) is 8.90. The standard InChI is InChI=1S/C10H18O4/c1-3-5-13-8-9(12)10(7-11)14-6-4-2/h3-4,9-12H,1-2,5-8H2/t9-,10+/m0/s1. The fourth-order valence-corrected chi connectivity index (χ4v) is 0.857. The van der Waals surface area contributed by atoms with Gasteiger partial charge in [0.05, 0.1) is 26.4 Å². The lowest BCUT2D eigenvalue weighted by Gasteiger charge is -2.20. The van der Waals surface area contributed by atoms with Crippen molar-refractivity contribution in [3.05, 3.63) is 25.3 Å². The molecule has 14 heavy (non-hydrogen) atoms. The van der Waals surface area contributed by atoms with Crippen LogP contribution in [0.15, 0.2) is 25.3 Å². The molecule has 0 aliphatic carbocycles. The first-order chi connectivity index (χ1) is 6.76. The van der Waals surface area contributed by atoms with Crippen LogP contribution in [0.1, 0.15) is 0 Å². The summed E-state index contributed by atoms with van der Waals surface area (Å²) < 4.78 is 10.1. The van der Waals surface area contributed by atoms with Gasteiger partial charge >= 0.3 is 0 Å². The van der Waals surface area contributed by atoms with Gasteiger partial charge in [-0.2, -0.15) is 0 Å². The molecule has 0 fully saturated rings. The minimum Gasteiger partial charge on any atom is -0.394 e. The Balaban J connectivity index is 3.71. The van der Waals surface area contributed by atoms with Crippen LogP contribution in [0.5, 0.6) is 0 Å². The molecule has 0 saturated heterocycles. The average molecular weight is 202 g/mol. The molecule has 0 spiro atoms. The molecule has 0 amide bonds. The summed E-state index contributed by atoms with van der Waals surface area (Å²) >= 11 is 0. The summed E-state index contributed by atoms with van der Waals surface area (Å²) in [6.45, 7) is 7.48. The molecular weight excluding hydrogens is 184 g/mol. The van der Waals surface area contributed by atoms with Crippen molar-refractivity contribution in [2.45, 2.75) is 12.2 Å². The number of rotatable bonds is 9. The Bertz CT molecular complexity index is 158. The van der Waals surface area contributed by atoms with Crippen molar-refractivity contribution in [1.82, 2.24) is 0 Å². The van der Waals surface area contributed by atoms with Gasteiger partial charge in [0.2, 0.25) is 0 Å². The highest BCUT2D eigenvalue weighted by Crippen LogP contribution is 2.00. The maximum absolute atomic E-state index is 9.48. The van der Waals surface area contributed by atoms with Gasteiger partial charge in [-0.25, -0.2) is 0 Å². The van der Waals surface area contributed by atoms with E-state index >= 15 is 0 Å². The van der Waals surface area contributed by atoms with Gasteiger partial charge in [0.1, 0.15) is 12.2 Å². The van der Waals surface area contributed by atoms with Crippen LogP contribution in [0.2, 0.25) is 0 Å². The zero-order valence-electron chi connectivity index (χ0n) is 8.26. The summed E-state index contributed by atoms with van der Waals surface area (Å²) in [5.74, 6) is 0. The molecule has 0 saturated carbocycles. The highest BCUT2D eigenvalue weighted by atomic mass is 16.5. The maximum atomic E-state index is 9.48. The fraction of sp³-hybridized carbons (Fsp3) is 0.600. The lowest BCUT2D eigenvalue weighted by molar-refractivity contribution is -0.0810. The largest absolute Gasteiger partial charge is 0.394 e. The number of aliphatic hydroxyl groups is 2. The van der Waals surface area contributed by atoms with Crippen molar-refractivity contribution >= 4 is 0 Å². The smallest absolute Gasteiger partial charge is 0.109 e. The first-order valence-electron chi connectivity index (χ1n) is 4.46. The fourth-order valence-electron chi connectivity index (χ4n) is 0.857. The van der Waals surface area contributed by atoms with Gasteiger partial charge in [-0.05, 0) is 0 Å². The van der Waals surface area contributed by atoms with E-state index in [1.54, 1.807) is 12.2 Å². The van der Waals surface area contributed by atoms with E-state index in [-0.39, 0.29) is 13.2 Å². The normalized spacial score (nSPS) is 14.7. The molecule has 0 rings (SSSR count). The van der Waals surface area contributed by atoms with Crippen LogP contribution < -0.4 is 0 Å². The highest BCUT2D eigenvalue weighted by Gasteiger charge is 2.18. The molecule has 82 valence electrons. The van der Waals surface area contributed by atoms with E-state index in [0.29, 0.717) is 13.2 Å². The van der Waals surface area contributed by atoms with E-state index in [1.165, 1.54) is 0 Å². The minimum atomic E-state index is -0.833. The van der Waals surface area contributed by atoms with Crippen molar-refractivity contribution in [1.29, 1.82) is 0 Å². The van der Waals surface area contributed by atoms with Crippen LogP contribution in [0.3, 0.4) is 0 Å². The third-order valence-corrected chi connectivity index (χ3v) is 1.56. The molecule has 0 aliphatic heterocycles. The van der Waals surface area contributed by atoms with Crippen molar-refractivity contribution in [2.75, 3.05) is 26.4 Å². The molecule has 4 heteroatoms. The summed E-state index contributed by atoms with van der Waals surface area (Å²) in [4.78, 5) is 0. The molecule has 0 unspecified atom stereocenters. The van der Waals surface area contributed by atoms with Gasteiger partial charge < -0.3 is 19.7 Å². The Hall–Kier alpha value is -0.680. The number of hydrogen-bond donors (Lipinski definition) is 2. The minimum absolute atomic E-state index is 0.119. The molecule has 0 aromatic carbocycles. The molecule has 2 atom stereocenters. The van der Waals surface area contributed by atoms with Gasteiger partial charge in [-0.1, -0.05) is 12.2 Å². The molecule has 2 N–H and O–H groups in total. The summed E-state index contributed by atoms with van der Waals surface area (Å²) in [6, 6.07) is 0. The second-order valence-corrected chi connectivity index (χ2v) is 2.74. The van der Waals surface area contributed by atoms with Crippen LogP contribution in [0.25, 0.3) is 0 Å². The Morgan fingerprint density at radius 3 is 2.36 bits per heavy atom. The molecule has 4 nitrogen and oxygen atoms in total. The zero-order valence-corrected chi connectivity index (χ0v) is 8.26. The Morgan fingerprint density at radius 1 is 1.21 bits per heavy atom. The van der Waals surface area contributed by atoms with Gasteiger partial charge in [0, 0.05) is 0 Å². The molecular formula is C10H18O4. The second-order valence-electron chi connectivity index (χ2n) is 2.74. The zero-order chi connectivity index (χ0) is 10.8. The van der Waals surface area contributed by atoms with E-state index < -0.39 is 12.2 Å². The Morgan fingerprint density at radius 2 is 1.86 bits per heavy atom. The van der Waals surface area contributed by atoms with Crippen molar-refractivity contribution in [2.24, 2.45) is 0 Å². The van der Waals surface area contributed by atoms with E-state index in [4.69, 9.17) is 14.6 Å². The topological polar surface area (TPSA) is 58.9 Å². The average Bonchev–Trinajstić information content (AvgIpc) is 2.19. The SMILES string of the molecule is C=CCOC[C@H](O)[C@@H](CO)OCC=C. The first-order valence-corrected chi connectivity index (χ1v) is 4.46. The summed E-state index contributed by atoms with van der Waals surface area (Å²) in [7, 11) is 0. The quantitative estimate of drug-likeness (QED) is 0.411. The van der Waals surface area contributed by atoms with Crippen LogP contribution in [-0.2, 0) is 9.47 Å². The van der Waals surface area contributed by atoms with Crippen LogP contribution in [0.4, 0.5) is 0 Å². The molecule has 0 radical (unpaired) electrons.